The number of pyridine rings is 1. The minimum atomic E-state index is -0.502. The van der Waals surface area contributed by atoms with Crippen molar-refractivity contribution in [1.29, 1.82) is 0 Å². The van der Waals surface area contributed by atoms with Crippen molar-refractivity contribution in [2.75, 3.05) is 41.1 Å². The fourth-order valence-electron chi connectivity index (χ4n) is 4.04. The van der Waals surface area contributed by atoms with Crippen LogP contribution >= 0.6 is 0 Å². The molecule has 0 atom stereocenters. The SMILES string of the molecule is CCOCCN(Cc1ccc2nc(C(=O)c3cc[n+](OC)c(-c4c(F)cccc4OC)c3)[nH]c2c1)OC. The number of aromatic nitrogens is 3. The monoisotopic (exact) mass is 509 g/mol. The van der Waals surface area contributed by atoms with Crippen LogP contribution in [0.2, 0.25) is 0 Å². The summed E-state index contributed by atoms with van der Waals surface area (Å²) in [7, 11) is 4.53. The van der Waals surface area contributed by atoms with E-state index in [-0.39, 0.29) is 17.2 Å². The third-order valence-corrected chi connectivity index (χ3v) is 5.90. The fraction of sp³-hybridized carbons (Fsp3) is 0.296. The summed E-state index contributed by atoms with van der Waals surface area (Å²) in [5.74, 6) is -0.350. The number of ether oxygens (including phenoxy) is 2. The van der Waals surface area contributed by atoms with Crippen LogP contribution in [0, 0.1) is 5.82 Å². The maximum atomic E-state index is 14.8. The van der Waals surface area contributed by atoms with Crippen LogP contribution in [-0.4, -0.2) is 61.9 Å². The smallest absolute Gasteiger partial charge is 0.272 e. The maximum Gasteiger partial charge on any atom is 0.272 e. The van der Waals surface area contributed by atoms with Gasteiger partial charge in [-0.3, -0.25) is 9.63 Å². The molecule has 9 nitrogen and oxygen atoms in total. The highest BCUT2D eigenvalue weighted by Crippen LogP contribution is 2.31. The third kappa shape index (κ3) is 5.77. The normalized spacial score (nSPS) is 11.3. The average Bonchev–Trinajstić information content (AvgIpc) is 3.35. The molecule has 0 unspecified atom stereocenters. The minimum Gasteiger partial charge on any atom is -0.496 e. The van der Waals surface area contributed by atoms with Gasteiger partial charge in [0.2, 0.25) is 12.0 Å². The molecular formula is C27H30FN4O5+. The highest BCUT2D eigenvalue weighted by molar-refractivity contribution is 6.08. The second-order valence-electron chi connectivity index (χ2n) is 8.14. The van der Waals surface area contributed by atoms with Crippen molar-refractivity contribution in [3.05, 3.63) is 77.5 Å². The number of hydrogen-bond donors (Lipinski definition) is 1. The number of fused-ring (bicyclic) bond motifs is 1. The number of nitrogens with zero attached hydrogens (tertiary/aromatic N) is 3. The summed E-state index contributed by atoms with van der Waals surface area (Å²) in [6.07, 6.45) is 1.55. The van der Waals surface area contributed by atoms with Crippen LogP contribution in [0.4, 0.5) is 4.39 Å². The average molecular weight is 510 g/mol. The zero-order chi connectivity index (χ0) is 26.4. The molecule has 0 bridgehead atoms. The highest BCUT2D eigenvalue weighted by Gasteiger charge is 2.26. The van der Waals surface area contributed by atoms with Crippen molar-refractivity contribution in [2.24, 2.45) is 0 Å². The summed E-state index contributed by atoms with van der Waals surface area (Å²) in [6.45, 7) is 4.34. The van der Waals surface area contributed by atoms with Crippen molar-refractivity contribution in [3.63, 3.8) is 0 Å². The van der Waals surface area contributed by atoms with Gasteiger partial charge in [-0.2, -0.15) is 5.06 Å². The summed E-state index contributed by atoms with van der Waals surface area (Å²) in [5.41, 5.74) is 3.19. The van der Waals surface area contributed by atoms with Gasteiger partial charge < -0.3 is 19.3 Å². The number of hydroxylamine groups is 2. The Morgan fingerprint density at radius 2 is 1.97 bits per heavy atom. The number of benzene rings is 2. The van der Waals surface area contributed by atoms with Crippen LogP contribution in [0.5, 0.6) is 5.75 Å². The number of carbonyl (C=O) groups is 1. The van der Waals surface area contributed by atoms with Crippen LogP contribution in [0.25, 0.3) is 22.3 Å². The van der Waals surface area contributed by atoms with Gasteiger partial charge in [-0.25, -0.2) is 9.37 Å². The molecule has 0 aliphatic carbocycles. The molecule has 2 aromatic carbocycles. The Bertz CT molecular complexity index is 1390. The lowest BCUT2D eigenvalue weighted by Gasteiger charge is -2.19. The number of aromatic amines is 1. The van der Waals surface area contributed by atoms with Gasteiger partial charge in [-0.1, -0.05) is 12.1 Å². The van der Waals surface area contributed by atoms with E-state index in [0.717, 1.165) is 11.1 Å². The molecule has 2 heterocycles. The number of H-pyrrole nitrogens is 1. The zero-order valence-electron chi connectivity index (χ0n) is 21.3. The van der Waals surface area contributed by atoms with Gasteiger partial charge in [0.25, 0.3) is 5.69 Å². The number of carbonyl (C=O) groups excluding carboxylic acids is 1. The largest absolute Gasteiger partial charge is 0.496 e. The molecule has 0 fully saturated rings. The molecule has 0 aliphatic heterocycles. The van der Waals surface area contributed by atoms with Crippen molar-refractivity contribution < 1.29 is 33.1 Å². The van der Waals surface area contributed by atoms with E-state index in [1.54, 1.807) is 42.6 Å². The van der Waals surface area contributed by atoms with E-state index in [0.29, 0.717) is 48.8 Å². The lowest BCUT2D eigenvalue weighted by Crippen LogP contribution is -2.42. The molecule has 194 valence electrons. The molecule has 0 amide bonds. The highest BCUT2D eigenvalue weighted by atomic mass is 19.1. The molecule has 0 spiro atoms. The summed E-state index contributed by atoms with van der Waals surface area (Å²) < 4.78 is 26.9. The first-order chi connectivity index (χ1) is 18.0. The molecule has 1 N–H and O–H groups in total. The van der Waals surface area contributed by atoms with Crippen LogP contribution in [0.15, 0.2) is 54.7 Å². The van der Waals surface area contributed by atoms with E-state index in [1.165, 1.54) is 25.0 Å². The number of ketones is 1. The molecule has 10 heteroatoms. The van der Waals surface area contributed by atoms with Gasteiger partial charge in [-0.15, -0.1) is 0 Å². The maximum absolute atomic E-state index is 14.8. The lowest BCUT2D eigenvalue weighted by molar-refractivity contribution is -0.877. The number of nitrogens with one attached hydrogen (secondary N) is 1. The van der Waals surface area contributed by atoms with Gasteiger partial charge >= 0.3 is 0 Å². The zero-order valence-corrected chi connectivity index (χ0v) is 21.3. The first kappa shape index (κ1) is 26.2. The summed E-state index contributed by atoms with van der Waals surface area (Å²) in [4.78, 5) is 31.8. The fourth-order valence-corrected chi connectivity index (χ4v) is 4.04. The second kappa shape index (κ2) is 11.9. The topological polar surface area (TPSA) is 89.8 Å². The summed E-state index contributed by atoms with van der Waals surface area (Å²) in [5, 5.41) is 1.80. The number of rotatable bonds is 12. The van der Waals surface area contributed by atoms with Crippen LogP contribution in [0.3, 0.4) is 0 Å². The van der Waals surface area contributed by atoms with Gasteiger partial charge in [0.1, 0.15) is 24.2 Å². The molecule has 0 saturated heterocycles. The molecule has 0 aliphatic rings. The van der Waals surface area contributed by atoms with E-state index in [4.69, 9.17) is 19.1 Å². The van der Waals surface area contributed by atoms with Crippen LogP contribution in [-0.2, 0) is 16.1 Å². The van der Waals surface area contributed by atoms with Crippen LogP contribution < -0.4 is 14.3 Å². The predicted octanol–water partition coefficient (Wildman–Crippen LogP) is 3.35. The first-order valence-corrected chi connectivity index (χ1v) is 11.8. The van der Waals surface area contributed by atoms with Crippen molar-refractivity contribution in [3.8, 4) is 17.0 Å². The molecule has 0 radical (unpaired) electrons. The second-order valence-corrected chi connectivity index (χ2v) is 8.14. The van der Waals surface area contributed by atoms with Gasteiger partial charge in [-0.05, 0) is 36.8 Å². The molecule has 0 saturated carbocycles. The lowest BCUT2D eigenvalue weighted by atomic mass is 10.0. The Kier molecular flexibility index (Phi) is 8.44. The van der Waals surface area contributed by atoms with Gasteiger partial charge in [0, 0.05) is 42.1 Å². The number of imidazole rings is 1. The molecule has 2 aromatic heterocycles. The van der Waals surface area contributed by atoms with E-state index >= 15 is 0 Å². The van der Waals surface area contributed by atoms with E-state index in [1.807, 2.05) is 25.1 Å². The standard InChI is InChI=1S/C27H29FN4O5/c1-5-37-14-13-31(35-3)17-18-9-10-21-22(15-18)30-27(29-21)26(33)19-11-12-32(36-4)23(16-19)25-20(28)7-6-8-24(25)34-2/h6-12,15-16H,5,13-14,17H2,1-4H3/p+1. The van der Waals surface area contributed by atoms with E-state index in [9.17, 15) is 9.18 Å². The molecule has 37 heavy (non-hydrogen) atoms. The quantitative estimate of drug-likeness (QED) is 0.136. The molecular weight excluding hydrogens is 479 g/mol. The van der Waals surface area contributed by atoms with Crippen molar-refractivity contribution in [1.82, 2.24) is 15.0 Å². The Hall–Kier alpha value is -3.86. The van der Waals surface area contributed by atoms with E-state index in [2.05, 4.69) is 9.97 Å². The Labute approximate surface area is 214 Å². The summed E-state index contributed by atoms with van der Waals surface area (Å²) >= 11 is 0. The predicted molar refractivity (Wildman–Crippen MR) is 135 cm³/mol. The van der Waals surface area contributed by atoms with Gasteiger partial charge in [0.05, 0.1) is 31.9 Å². The minimum absolute atomic E-state index is 0.175. The first-order valence-electron chi connectivity index (χ1n) is 11.8. The Morgan fingerprint density at radius 1 is 1.14 bits per heavy atom. The van der Waals surface area contributed by atoms with Crippen molar-refractivity contribution >= 4 is 16.8 Å². The van der Waals surface area contributed by atoms with Crippen LogP contribution in [0.1, 0.15) is 28.7 Å². The number of methoxy groups -OCH3 is 1. The number of hydrogen-bond acceptors (Lipinski definition) is 7. The van der Waals surface area contributed by atoms with Crippen molar-refractivity contribution in [2.45, 2.75) is 13.5 Å². The molecule has 4 aromatic rings. The Balaban J connectivity index is 1.63. The van der Waals surface area contributed by atoms with Gasteiger partial charge in [0.15, 0.2) is 5.82 Å². The van der Waals surface area contributed by atoms with E-state index < -0.39 is 5.82 Å². The summed E-state index contributed by atoms with van der Waals surface area (Å²) in [6, 6.07) is 13.4. The third-order valence-electron chi connectivity index (χ3n) is 5.90. The molecule has 4 rings (SSSR count). The Morgan fingerprint density at radius 3 is 2.70 bits per heavy atom. The number of halogens is 1.